The predicted molar refractivity (Wildman–Crippen MR) is 97.2 cm³/mol. The number of esters is 1. The summed E-state index contributed by atoms with van der Waals surface area (Å²) in [5.74, 6) is -0.239. The molecule has 126 valence electrons. The van der Waals surface area contributed by atoms with Crippen molar-refractivity contribution < 1.29 is 9.53 Å². The number of cyclic esters (lactones) is 1. The van der Waals surface area contributed by atoms with Gasteiger partial charge in [0.15, 0.2) is 0 Å². The molecule has 0 radical (unpaired) electrons. The van der Waals surface area contributed by atoms with E-state index in [1.807, 2.05) is 56.5 Å². The first kappa shape index (κ1) is 16.6. The molecule has 1 aliphatic heterocycles. The second-order valence-electron chi connectivity index (χ2n) is 6.65. The Morgan fingerprint density at radius 2 is 2.17 bits per heavy atom. The van der Waals surface area contributed by atoms with Crippen molar-refractivity contribution >= 4 is 28.1 Å². The first-order chi connectivity index (χ1) is 11.4. The minimum Gasteiger partial charge on any atom is -0.459 e. The van der Waals surface area contributed by atoms with Crippen molar-refractivity contribution in [2.75, 3.05) is 5.43 Å². The van der Waals surface area contributed by atoms with Crippen LogP contribution in [0.4, 0.5) is 5.13 Å². The second kappa shape index (κ2) is 6.73. The van der Waals surface area contributed by atoms with Gasteiger partial charge in [0.05, 0.1) is 11.6 Å². The van der Waals surface area contributed by atoms with Crippen LogP contribution < -0.4 is 5.43 Å². The number of hydrogen-bond donors (Lipinski definition) is 1. The Bertz CT molecular complexity index is 753. The van der Waals surface area contributed by atoms with E-state index in [1.165, 1.54) is 11.3 Å². The third-order valence-corrected chi connectivity index (χ3v) is 4.65. The topological polar surface area (TPSA) is 63.6 Å². The Hall–Kier alpha value is -2.21. The second-order valence-corrected chi connectivity index (χ2v) is 7.51. The van der Waals surface area contributed by atoms with Crippen LogP contribution in [-0.2, 0) is 9.53 Å². The number of nitrogens with zero attached hydrogens (tertiary/aromatic N) is 2. The fourth-order valence-electron chi connectivity index (χ4n) is 2.84. The van der Waals surface area contributed by atoms with Gasteiger partial charge in [-0.05, 0) is 20.8 Å². The lowest BCUT2D eigenvalue weighted by Gasteiger charge is -2.14. The van der Waals surface area contributed by atoms with E-state index in [2.05, 4.69) is 15.5 Å². The third kappa shape index (κ3) is 4.00. The van der Waals surface area contributed by atoms with Crippen molar-refractivity contribution in [3.63, 3.8) is 0 Å². The monoisotopic (exact) mass is 343 g/mol. The zero-order valence-electron chi connectivity index (χ0n) is 14.1. The van der Waals surface area contributed by atoms with Gasteiger partial charge in [-0.15, -0.1) is 11.3 Å². The molecule has 0 spiro atoms. The number of hydrazone groups is 1. The molecule has 1 N–H and O–H groups in total. The van der Waals surface area contributed by atoms with Crippen LogP contribution in [0.15, 0.2) is 40.8 Å². The van der Waals surface area contributed by atoms with Gasteiger partial charge in [0.2, 0.25) is 5.13 Å². The summed E-state index contributed by atoms with van der Waals surface area (Å²) in [5, 5.41) is 7.09. The van der Waals surface area contributed by atoms with Crippen LogP contribution in [0, 0.1) is 5.92 Å². The summed E-state index contributed by atoms with van der Waals surface area (Å²) in [4.78, 5) is 16.4. The van der Waals surface area contributed by atoms with E-state index in [4.69, 9.17) is 4.74 Å². The number of benzene rings is 1. The summed E-state index contributed by atoms with van der Waals surface area (Å²) in [7, 11) is 0. The molecule has 0 bridgehead atoms. The van der Waals surface area contributed by atoms with Gasteiger partial charge >= 0.3 is 5.97 Å². The normalized spacial score (nSPS) is 20.0. The van der Waals surface area contributed by atoms with Crippen LogP contribution in [0.2, 0.25) is 0 Å². The van der Waals surface area contributed by atoms with E-state index < -0.39 is 0 Å². The van der Waals surface area contributed by atoms with E-state index in [-0.39, 0.29) is 17.5 Å². The number of carbonyl (C=O) groups excluding carboxylic acids is 1. The average molecular weight is 343 g/mol. The van der Waals surface area contributed by atoms with Crippen LogP contribution >= 0.6 is 11.3 Å². The highest BCUT2D eigenvalue weighted by molar-refractivity contribution is 7.14. The first-order valence-electron chi connectivity index (χ1n) is 7.96. The molecule has 0 amide bonds. The molecular weight excluding hydrogens is 322 g/mol. The number of ether oxygens (including phenoxy) is 1. The molecule has 5 nitrogen and oxygen atoms in total. The predicted octanol–water partition coefficient (Wildman–Crippen LogP) is 4.33. The molecule has 1 atom stereocenters. The lowest BCUT2D eigenvalue weighted by molar-refractivity contribution is -0.148. The van der Waals surface area contributed by atoms with Gasteiger partial charge in [0, 0.05) is 29.5 Å². The highest BCUT2D eigenvalue weighted by Crippen LogP contribution is 2.32. The van der Waals surface area contributed by atoms with E-state index in [0.29, 0.717) is 6.42 Å². The molecule has 0 unspecified atom stereocenters. The Labute approximate surface area is 145 Å². The van der Waals surface area contributed by atoms with Crippen LogP contribution in [0.25, 0.3) is 11.3 Å². The van der Waals surface area contributed by atoms with E-state index in [9.17, 15) is 4.79 Å². The van der Waals surface area contributed by atoms with Gasteiger partial charge in [-0.25, -0.2) is 4.98 Å². The minimum absolute atomic E-state index is 0.110. The van der Waals surface area contributed by atoms with Crippen molar-refractivity contribution in [1.29, 1.82) is 0 Å². The molecule has 6 heteroatoms. The van der Waals surface area contributed by atoms with Gasteiger partial charge in [-0.1, -0.05) is 30.3 Å². The highest BCUT2D eigenvalue weighted by atomic mass is 32.1. The minimum atomic E-state index is -0.366. The average Bonchev–Trinajstić information content (AvgIpc) is 3.10. The van der Waals surface area contributed by atoms with Gasteiger partial charge in [-0.3, -0.25) is 10.2 Å². The smallest absolute Gasteiger partial charge is 0.310 e. The lowest BCUT2D eigenvalue weighted by Crippen LogP contribution is -2.17. The number of thiazole rings is 1. The number of carbonyl (C=O) groups is 1. The standard InChI is InChI=1S/C18H21N3O2S/c1-12(9-14-10-18(2,3)23-16(14)22)20-21-17-19-15(11-24-17)13-7-5-4-6-8-13/h4-8,11,14H,9-10H2,1-3H3,(H,19,21)/b20-12-/t14-/m1/s1. The van der Waals surface area contributed by atoms with Crippen molar-refractivity contribution in [3.8, 4) is 11.3 Å². The molecule has 0 saturated carbocycles. The molecule has 0 aliphatic carbocycles. The summed E-state index contributed by atoms with van der Waals surface area (Å²) in [6.45, 7) is 5.80. The Balaban J connectivity index is 1.60. The van der Waals surface area contributed by atoms with Gasteiger partial charge in [0.1, 0.15) is 5.60 Å². The molecule has 1 aromatic heterocycles. The van der Waals surface area contributed by atoms with Crippen molar-refractivity contribution in [1.82, 2.24) is 4.98 Å². The Kier molecular flexibility index (Phi) is 4.66. The van der Waals surface area contributed by atoms with Crippen molar-refractivity contribution in [2.24, 2.45) is 11.0 Å². The van der Waals surface area contributed by atoms with Crippen LogP contribution in [0.5, 0.6) is 0 Å². The molecule has 24 heavy (non-hydrogen) atoms. The Morgan fingerprint density at radius 1 is 1.42 bits per heavy atom. The molecule has 1 aliphatic rings. The van der Waals surface area contributed by atoms with Crippen molar-refractivity contribution in [2.45, 2.75) is 39.2 Å². The molecular formula is C18H21N3O2S. The van der Waals surface area contributed by atoms with E-state index in [0.717, 1.165) is 28.5 Å². The van der Waals surface area contributed by atoms with Crippen molar-refractivity contribution in [3.05, 3.63) is 35.7 Å². The molecule has 1 saturated heterocycles. The lowest BCUT2D eigenvalue weighted by atomic mass is 9.93. The number of anilines is 1. The SMILES string of the molecule is C/C(C[C@@H]1CC(C)(C)OC1=O)=N/Nc1nc(-c2ccccc2)cs1. The maximum atomic E-state index is 11.9. The molecule has 2 heterocycles. The number of rotatable bonds is 5. The van der Waals surface area contributed by atoms with Crippen LogP contribution in [0.3, 0.4) is 0 Å². The molecule has 2 aromatic rings. The van der Waals surface area contributed by atoms with E-state index in [1.54, 1.807) is 0 Å². The largest absolute Gasteiger partial charge is 0.459 e. The number of hydrogen-bond acceptors (Lipinski definition) is 6. The first-order valence-corrected chi connectivity index (χ1v) is 8.84. The third-order valence-electron chi connectivity index (χ3n) is 3.91. The van der Waals surface area contributed by atoms with Crippen LogP contribution in [0.1, 0.15) is 33.6 Å². The summed E-state index contributed by atoms with van der Waals surface area (Å²) in [6.07, 6.45) is 1.33. The fourth-order valence-corrected chi connectivity index (χ4v) is 3.50. The quantitative estimate of drug-likeness (QED) is 0.498. The highest BCUT2D eigenvalue weighted by Gasteiger charge is 2.39. The number of aromatic nitrogens is 1. The van der Waals surface area contributed by atoms with E-state index >= 15 is 0 Å². The van der Waals surface area contributed by atoms with Gasteiger partial charge in [0.25, 0.3) is 0 Å². The maximum absolute atomic E-state index is 11.9. The molecule has 1 fully saturated rings. The van der Waals surface area contributed by atoms with Crippen LogP contribution in [-0.4, -0.2) is 22.3 Å². The van der Waals surface area contributed by atoms with Gasteiger partial charge < -0.3 is 4.74 Å². The summed E-state index contributed by atoms with van der Waals surface area (Å²) in [6, 6.07) is 10.0. The Morgan fingerprint density at radius 3 is 2.83 bits per heavy atom. The zero-order valence-corrected chi connectivity index (χ0v) is 14.9. The fraction of sp³-hybridized carbons (Fsp3) is 0.389. The maximum Gasteiger partial charge on any atom is 0.310 e. The summed E-state index contributed by atoms with van der Waals surface area (Å²) in [5.41, 5.74) is 5.50. The molecule has 3 rings (SSSR count). The van der Waals surface area contributed by atoms with Gasteiger partial charge in [-0.2, -0.15) is 5.10 Å². The summed E-state index contributed by atoms with van der Waals surface area (Å²) >= 11 is 1.51. The molecule has 1 aromatic carbocycles. The zero-order chi connectivity index (χ0) is 17.2. The number of nitrogens with one attached hydrogen (secondary N) is 1. The summed E-state index contributed by atoms with van der Waals surface area (Å²) < 4.78 is 5.35.